The van der Waals surface area contributed by atoms with E-state index in [9.17, 15) is 9.59 Å². The van der Waals surface area contributed by atoms with Gasteiger partial charge in [0, 0.05) is 50.9 Å². The van der Waals surface area contributed by atoms with Gasteiger partial charge < -0.3 is 34.7 Å². The first-order valence-electron chi connectivity index (χ1n) is 15.2. The smallest absolute Gasteiger partial charge is 0.343 e. The molecule has 0 radical (unpaired) electrons. The molecular weight excluding hydrogens is 584 g/mol. The summed E-state index contributed by atoms with van der Waals surface area (Å²) in [5.41, 5.74) is 8.29. The number of H-pyrrole nitrogens is 2. The molecule has 6 heterocycles. The third-order valence-corrected chi connectivity index (χ3v) is 7.03. The fourth-order valence-electron chi connectivity index (χ4n) is 4.71. The van der Waals surface area contributed by atoms with Gasteiger partial charge in [-0.3, -0.25) is 10.2 Å². The van der Waals surface area contributed by atoms with Crippen LogP contribution in [0.1, 0.15) is 67.2 Å². The predicted octanol–water partition coefficient (Wildman–Crippen LogP) is 3.38. The lowest BCUT2D eigenvalue weighted by molar-refractivity contribution is 0.0514. The predicted molar refractivity (Wildman–Crippen MR) is 166 cm³/mol. The quantitative estimate of drug-likeness (QED) is 0.208. The van der Waals surface area contributed by atoms with E-state index in [4.69, 9.17) is 29.4 Å². The number of ether oxygens (including phenoxy) is 5. The first-order chi connectivity index (χ1) is 22.0. The summed E-state index contributed by atoms with van der Waals surface area (Å²) < 4.78 is 26.0. The second-order valence-electron chi connectivity index (χ2n) is 10.2. The molecule has 0 bridgehead atoms. The van der Waals surface area contributed by atoms with Gasteiger partial charge in [-0.2, -0.15) is 10.2 Å². The van der Waals surface area contributed by atoms with Crippen LogP contribution in [0.5, 0.6) is 5.75 Å². The average molecular weight is 627 g/mol. The highest BCUT2D eigenvalue weighted by Gasteiger charge is 2.22. The molecule has 0 amide bonds. The first kappa shape index (κ1) is 33.6. The van der Waals surface area contributed by atoms with Gasteiger partial charge in [-0.25, -0.2) is 19.6 Å². The number of aromatic nitrogens is 6. The normalized spacial score (nSPS) is 15.4. The van der Waals surface area contributed by atoms with Crippen molar-refractivity contribution in [1.82, 2.24) is 30.4 Å². The molecule has 4 aromatic heterocycles. The Morgan fingerprint density at radius 1 is 0.800 bits per heavy atom. The fourth-order valence-corrected chi connectivity index (χ4v) is 4.71. The van der Waals surface area contributed by atoms with Gasteiger partial charge in [0.15, 0.2) is 11.3 Å². The fraction of sp³-hybridized carbons (Fsp3) is 0.533. The standard InChI is InChI=1S/C14H18N4O3.C11H13N3O3.C5H11NO/c1-2-21-14(19)11-7-15-13-10(8-16-18-13)12(11)17-9-3-5-20-6-4-9;1-3-16-9-7-6-13-14-10(7)12-5-8(9)11(15)17-4-2;6-5-1-3-7-4-2-5/h7-9H,2-6H2,1H3,(H2,15,16,17,18);5-6H,3-4H2,1-2H3,(H,12,13,14);5H,1-4,6H2. The van der Waals surface area contributed by atoms with E-state index in [0.717, 1.165) is 63.2 Å². The van der Waals surface area contributed by atoms with Crippen LogP contribution < -0.4 is 15.8 Å². The minimum absolute atomic E-state index is 0.271. The van der Waals surface area contributed by atoms with Crippen molar-refractivity contribution in [3.05, 3.63) is 35.9 Å². The van der Waals surface area contributed by atoms with Crippen molar-refractivity contribution in [2.45, 2.75) is 58.5 Å². The minimum atomic E-state index is -0.438. The maximum Gasteiger partial charge on any atom is 0.343 e. The second-order valence-corrected chi connectivity index (χ2v) is 10.2. The highest BCUT2D eigenvalue weighted by Crippen LogP contribution is 2.29. The number of nitrogens with one attached hydrogen (secondary N) is 3. The van der Waals surface area contributed by atoms with Gasteiger partial charge in [0.25, 0.3) is 0 Å². The van der Waals surface area contributed by atoms with Crippen LogP contribution in [0.15, 0.2) is 24.8 Å². The number of esters is 2. The molecule has 2 aliphatic heterocycles. The number of carbonyl (C=O) groups is 2. The molecule has 2 aliphatic rings. The van der Waals surface area contributed by atoms with Gasteiger partial charge in [-0.1, -0.05) is 0 Å². The number of carbonyl (C=O) groups excluding carboxylic acids is 2. The molecule has 0 aromatic carbocycles. The van der Waals surface area contributed by atoms with Crippen molar-refractivity contribution in [3.8, 4) is 5.75 Å². The van der Waals surface area contributed by atoms with Gasteiger partial charge in [0.1, 0.15) is 16.9 Å². The molecule has 15 nitrogen and oxygen atoms in total. The van der Waals surface area contributed by atoms with E-state index in [1.54, 1.807) is 26.2 Å². The number of hydrogen-bond acceptors (Lipinski definition) is 13. The van der Waals surface area contributed by atoms with E-state index in [1.807, 2.05) is 6.92 Å². The van der Waals surface area contributed by atoms with Gasteiger partial charge in [0.2, 0.25) is 0 Å². The third-order valence-electron chi connectivity index (χ3n) is 7.03. The van der Waals surface area contributed by atoms with Crippen LogP contribution >= 0.6 is 0 Å². The van der Waals surface area contributed by atoms with Gasteiger partial charge in [0.05, 0.1) is 48.7 Å². The lowest BCUT2D eigenvalue weighted by Gasteiger charge is -2.25. The Hall–Kier alpha value is -4.34. The molecule has 244 valence electrons. The number of nitrogens with zero attached hydrogens (tertiary/aromatic N) is 4. The summed E-state index contributed by atoms with van der Waals surface area (Å²) in [6.45, 7) is 9.67. The Labute approximate surface area is 260 Å². The molecule has 15 heteroatoms. The van der Waals surface area contributed by atoms with Crippen LogP contribution in [0, 0.1) is 0 Å². The number of rotatable bonds is 8. The van der Waals surface area contributed by atoms with Crippen LogP contribution in [-0.2, 0) is 18.9 Å². The third kappa shape index (κ3) is 9.09. The summed E-state index contributed by atoms with van der Waals surface area (Å²) in [6.07, 6.45) is 10.1. The Bertz CT molecular complexity index is 1510. The molecule has 0 spiro atoms. The van der Waals surface area contributed by atoms with Crippen molar-refractivity contribution < 1.29 is 33.3 Å². The Balaban J connectivity index is 0.000000171. The monoisotopic (exact) mass is 626 g/mol. The maximum absolute atomic E-state index is 12.1. The summed E-state index contributed by atoms with van der Waals surface area (Å²) in [5, 5.41) is 18.3. The van der Waals surface area contributed by atoms with Gasteiger partial charge >= 0.3 is 11.9 Å². The van der Waals surface area contributed by atoms with Crippen LogP contribution in [-0.4, -0.2) is 101 Å². The van der Waals surface area contributed by atoms with Crippen LogP contribution in [0.25, 0.3) is 22.1 Å². The van der Waals surface area contributed by atoms with Crippen molar-refractivity contribution in [2.75, 3.05) is 51.6 Å². The summed E-state index contributed by atoms with van der Waals surface area (Å²) in [6, 6.07) is 0.682. The van der Waals surface area contributed by atoms with Crippen LogP contribution in [0.3, 0.4) is 0 Å². The topological polar surface area (TPSA) is 201 Å². The van der Waals surface area contributed by atoms with E-state index in [2.05, 4.69) is 35.7 Å². The summed E-state index contributed by atoms with van der Waals surface area (Å²) >= 11 is 0. The van der Waals surface area contributed by atoms with E-state index in [-0.39, 0.29) is 12.0 Å². The number of nitrogens with two attached hydrogens (primary N) is 1. The number of fused-ring (bicyclic) bond motifs is 2. The Kier molecular flexibility index (Phi) is 12.8. The van der Waals surface area contributed by atoms with E-state index < -0.39 is 5.97 Å². The summed E-state index contributed by atoms with van der Waals surface area (Å²) in [4.78, 5) is 32.2. The van der Waals surface area contributed by atoms with Crippen molar-refractivity contribution in [3.63, 3.8) is 0 Å². The zero-order chi connectivity index (χ0) is 32.0. The summed E-state index contributed by atoms with van der Waals surface area (Å²) in [5.74, 6) is -0.348. The summed E-state index contributed by atoms with van der Waals surface area (Å²) in [7, 11) is 0. The van der Waals surface area contributed by atoms with Crippen molar-refractivity contribution in [1.29, 1.82) is 0 Å². The molecule has 6 rings (SSSR count). The molecule has 0 atom stereocenters. The van der Waals surface area contributed by atoms with Crippen LogP contribution in [0.2, 0.25) is 0 Å². The molecule has 45 heavy (non-hydrogen) atoms. The minimum Gasteiger partial charge on any atom is -0.492 e. The van der Waals surface area contributed by atoms with E-state index >= 15 is 0 Å². The molecule has 0 unspecified atom stereocenters. The largest absolute Gasteiger partial charge is 0.492 e. The first-order valence-corrected chi connectivity index (χ1v) is 15.2. The number of aromatic amines is 2. The van der Waals surface area contributed by atoms with Gasteiger partial charge in [-0.15, -0.1) is 0 Å². The van der Waals surface area contributed by atoms with E-state index in [1.165, 1.54) is 12.4 Å². The molecule has 0 saturated carbocycles. The number of anilines is 1. The lowest BCUT2D eigenvalue weighted by atomic mass is 10.1. The van der Waals surface area contributed by atoms with E-state index in [0.29, 0.717) is 59.4 Å². The van der Waals surface area contributed by atoms with Gasteiger partial charge in [-0.05, 0) is 46.5 Å². The number of hydrogen-bond donors (Lipinski definition) is 4. The van der Waals surface area contributed by atoms with Crippen molar-refractivity contribution >= 4 is 39.7 Å². The molecule has 4 aromatic rings. The van der Waals surface area contributed by atoms with Crippen LogP contribution in [0.4, 0.5) is 5.69 Å². The van der Waals surface area contributed by atoms with Crippen molar-refractivity contribution in [2.24, 2.45) is 5.73 Å². The Morgan fingerprint density at radius 2 is 1.33 bits per heavy atom. The molecule has 5 N–H and O–H groups in total. The molecule has 0 aliphatic carbocycles. The zero-order valence-electron chi connectivity index (χ0n) is 26.0. The maximum atomic E-state index is 12.1. The highest BCUT2D eigenvalue weighted by atomic mass is 16.5. The number of pyridine rings is 2. The highest BCUT2D eigenvalue weighted by molar-refractivity contribution is 6.04. The molecule has 2 fully saturated rings. The molecular formula is C30H42N8O7. The SMILES string of the molecule is CCOC(=O)c1cnc2[nH]ncc2c1NC1CCOCC1.CCOC(=O)c1cnc2[nH]ncc2c1OCC.NC1CCOCC1. The lowest BCUT2D eigenvalue weighted by Crippen LogP contribution is -2.28. The molecule has 2 saturated heterocycles. The Morgan fingerprint density at radius 3 is 1.89 bits per heavy atom. The second kappa shape index (κ2) is 17.2. The average Bonchev–Trinajstić information content (AvgIpc) is 3.74. The zero-order valence-corrected chi connectivity index (χ0v) is 26.0.